The smallest absolute Gasteiger partial charge is 0.261 e. The highest BCUT2D eigenvalue weighted by Gasteiger charge is 2.49. The van der Waals surface area contributed by atoms with Crippen LogP contribution in [0.1, 0.15) is 20.8 Å². The van der Waals surface area contributed by atoms with Gasteiger partial charge in [-0.25, -0.2) is 0 Å². The van der Waals surface area contributed by atoms with Crippen LogP contribution in [0.4, 0.5) is 0 Å². The number of rotatable bonds is 6. The van der Waals surface area contributed by atoms with Gasteiger partial charge in [-0.3, -0.25) is 0 Å². The van der Waals surface area contributed by atoms with Crippen molar-refractivity contribution in [2.75, 3.05) is 11.9 Å². The predicted molar refractivity (Wildman–Crippen MR) is 107 cm³/mol. The van der Waals surface area contributed by atoms with Gasteiger partial charge in [-0.1, -0.05) is 110 Å². The van der Waals surface area contributed by atoms with Crippen molar-refractivity contribution in [1.82, 2.24) is 0 Å². The van der Waals surface area contributed by atoms with Crippen molar-refractivity contribution in [3.63, 3.8) is 0 Å². The van der Waals surface area contributed by atoms with E-state index in [0.29, 0.717) is 6.61 Å². The summed E-state index contributed by atoms with van der Waals surface area (Å²) in [5, 5.41) is 3.55. The Hall–Kier alpha value is -1.16. The Morgan fingerprint density at radius 1 is 0.870 bits per heavy atom. The van der Waals surface area contributed by atoms with Crippen molar-refractivity contribution in [1.29, 1.82) is 0 Å². The molecule has 0 radical (unpaired) electrons. The Bertz CT molecular complexity index is 578. The molecule has 0 fully saturated rings. The normalized spacial score (nSPS) is 12.7. The molecule has 0 amide bonds. The van der Waals surface area contributed by atoms with E-state index in [0.717, 1.165) is 5.33 Å². The summed E-state index contributed by atoms with van der Waals surface area (Å²) >= 11 is 3.43. The molecule has 23 heavy (non-hydrogen) atoms. The molecule has 3 heteroatoms. The molecule has 2 rings (SSSR count). The molecule has 0 N–H and O–H groups in total. The lowest BCUT2D eigenvalue weighted by atomic mass is 10.2. The van der Waals surface area contributed by atoms with Crippen molar-refractivity contribution >= 4 is 34.6 Å². The Balaban J connectivity index is 2.57. The molecule has 1 nitrogen and oxygen atoms in total. The van der Waals surface area contributed by atoms with E-state index < -0.39 is 8.32 Å². The van der Waals surface area contributed by atoms with Gasteiger partial charge in [-0.15, -0.1) is 0 Å². The van der Waals surface area contributed by atoms with E-state index in [1.807, 2.05) is 0 Å². The van der Waals surface area contributed by atoms with Crippen LogP contribution in [0.15, 0.2) is 72.8 Å². The zero-order chi connectivity index (χ0) is 16.8. The summed E-state index contributed by atoms with van der Waals surface area (Å²) in [7, 11) is -2.37. The first-order chi connectivity index (χ1) is 11.0. The lowest BCUT2D eigenvalue weighted by Crippen LogP contribution is -2.66. The lowest BCUT2D eigenvalue weighted by Gasteiger charge is -2.42. The van der Waals surface area contributed by atoms with Crippen molar-refractivity contribution in [2.24, 2.45) is 0 Å². The van der Waals surface area contributed by atoms with Crippen molar-refractivity contribution in [3.8, 4) is 0 Å². The molecule has 0 aliphatic rings. The van der Waals surface area contributed by atoms with Crippen LogP contribution in [0, 0.1) is 0 Å². The summed E-state index contributed by atoms with van der Waals surface area (Å²) in [5.41, 5.74) is 0. The number of alkyl halides is 1. The maximum absolute atomic E-state index is 6.70. The summed E-state index contributed by atoms with van der Waals surface area (Å²) in [6, 6.07) is 21.5. The predicted octanol–water partition coefficient (Wildman–Crippen LogP) is 4.51. The van der Waals surface area contributed by atoms with E-state index in [2.05, 4.69) is 110 Å². The molecule has 0 atom stereocenters. The van der Waals surface area contributed by atoms with Gasteiger partial charge in [-0.2, -0.15) is 0 Å². The Kier molecular flexibility index (Phi) is 6.39. The number of hydrogen-bond acceptors (Lipinski definition) is 1. The minimum Gasteiger partial charge on any atom is -0.404 e. The largest absolute Gasteiger partial charge is 0.404 e. The molecule has 122 valence electrons. The molecule has 2 aromatic rings. The fourth-order valence-corrected chi connectivity index (χ4v) is 7.83. The van der Waals surface area contributed by atoms with Crippen molar-refractivity contribution in [3.05, 3.63) is 72.8 Å². The van der Waals surface area contributed by atoms with Crippen molar-refractivity contribution < 1.29 is 4.43 Å². The van der Waals surface area contributed by atoms with Crippen LogP contribution in [0.25, 0.3) is 0 Å². The molecule has 2 aromatic carbocycles. The highest BCUT2D eigenvalue weighted by Crippen LogP contribution is 2.36. The van der Waals surface area contributed by atoms with E-state index in [-0.39, 0.29) is 5.04 Å². The molecular weight excluding hydrogens is 364 g/mol. The molecule has 0 aliphatic heterocycles. The summed E-state index contributed by atoms with van der Waals surface area (Å²) < 4.78 is 6.70. The molecule has 0 spiro atoms. The molecule has 0 bridgehead atoms. The topological polar surface area (TPSA) is 9.23 Å². The van der Waals surface area contributed by atoms with Crippen LogP contribution >= 0.6 is 15.9 Å². The first-order valence-electron chi connectivity index (χ1n) is 7.98. The third-order valence-corrected chi connectivity index (χ3v) is 9.45. The molecule has 0 unspecified atom stereocenters. The van der Waals surface area contributed by atoms with Gasteiger partial charge in [0.25, 0.3) is 8.32 Å². The fraction of sp³-hybridized carbons (Fsp3) is 0.300. The molecule has 0 heterocycles. The first-order valence-corrected chi connectivity index (χ1v) is 11.0. The Morgan fingerprint density at radius 3 is 1.74 bits per heavy atom. The van der Waals surface area contributed by atoms with Gasteiger partial charge in [0.1, 0.15) is 0 Å². The van der Waals surface area contributed by atoms with Gasteiger partial charge in [0, 0.05) is 5.33 Å². The molecule has 0 aliphatic carbocycles. The number of hydrogen-bond donors (Lipinski definition) is 0. The number of benzene rings is 2. The fourth-order valence-electron chi connectivity index (χ4n) is 3.07. The van der Waals surface area contributed by atoms with Crippen LogP contribution in [0.5, 0.6) is 0 Å². The summed E-state index contributed by atoms with van der Waals surface area (Å²) in [6.07, 6.45) is 4.20. The van der Waals surface area contributed by atoms with Gasteiger partial charge in [0.15, 0.2) is 0 Å². The molecule has 0 saturated heterocycles. The van der Waals surface area contributed by atoms with Gasteiger partial charge in [-0.05, 0) is 15.4 Å². The van der Waals surface area contributed by atoms with Crippen LogP contribution in [0.3, 0.4) is 0 Å². The summed E-state index contributed by atoms with van der Waals surface area (Å²) in [4.78, 5) is 0. The van der Waals surface area contributed by atoms with Gasteiger partial charge in [0.2, 0.25) is 0 Å². The third-order valence-electron chi connectivity index (χ3n) is 4.07. The molecule has 0 aromatic heterocycles. The van der Waals surface area contributed by atoms with Crippen LogP contribution in [0.2, 0.25) is 5.04 Å². The minimum atomic E-state index is -2.37. The van der Waals surface area contributed by atoms with Gasteiger partial charge < -0.3 is 4.43 Å². The number of halogens is 1. The van der Waals surface area contributed by atoms with Crippen LogP contribution in [-0.4, -0.2) is 20.3 Å². The van der Waals surface area contributed by atoms with E-state index >= 15 is 0 Å². The van der Waals surface area contributed by atoms with Crippen molar-refractivity contribution in [2.45, 2.75) is 25.8 Å². The summed E-state index contributed by atoms with van der Waals surface area (Å²) in [5.74, 6) is 0. The van der Waals surface area contributed by atoms with E-state index in [4.69, 9.17) is 4.43 Å². The van der Waals surface area contributed by atoms with Gasteiger partial charge >= 0.3 is 0 Å². The maximum Gasteiger partial charge on any atom is 0.261 e. The average Bonchev–Trinajstić information content (AvgIpc) is 2.55. The average molecular weight is 389 g/mol. The first kappa shape index (κ1) is 18.2. The van der Waals surface area contributed by atoms with Crippen LogP contribution < -0.4 is 10.4 Å². The minimum absolute atomic E-state index is 0.0396. The Labute approximate surface area is 149 Å². The van der Waals surface area contributed by atoms with E-state index in [9.17, 15) is 0 Å². The molecule has 0 saturated carbocycles. The zero-order valence-electron chi connectivity index (χ0n) is 14.1. The Morgan fingerprint density at radius 2 is 1.35 bits per heavy atom. The maximum atomic E-state index is 6.70. The zero-order valence-corrected chi connectivity index (χ0v) is 16.7. The highest BCUT2D eigenvalue weighted by atomic mass is 79.9. The second-order valence-corrected chi connectivity index (χ2v) is 11.6. The summed E-state index contributed by atoms with van der Waals surface area (Å²) in [6.45, 7) is 7.53. The molecular formula is C20H25BrOSi. The number of allylic oxidation sites excluding steroid dienone is 1. The SMILES string of the molecule is CC(C)(C)[Si](OC/C=C/CBr)(c1ccccc1)c1ccccc1. The van der Waals surface area contributed by atoms with Gasteiger partial charge in [0.05, 0.1) is 6.61 Å². The second kappa shape index (κ2) is 8.09. The standard InChI is InChI=1S/C20H25BrOSi/c1-20(2,3)23(22-17-11-10-16-21,18-12-6-4-7-13-18)19-14-8-5-9-15-19/h4-15H,16-17H2,1-3H3/b11-10+. The monoisotopic (exact) mass is 388 g/mol. The van der Waals surface area contributed by atoms with E-state index in [1.165, 1.54) is 10.4 Å². The second-order valence-electron chi connectivity index (χ2n) is 6.60. The van der Waals surface area contributed by atoms with Crippen LogP contribution in [-0.2, 0) is 4.43 Å². The quantitative estimate of drug-likeness (QED) is 0.401. The third kappa shape index (κ3) is 4.03. The highest BCUT2D eigenvalue weighted by molar-refractivity contribution is 9.09. The lowest BCUT2D eigenvalue weighted by molar-refractivity contribution is 0.339. The van der Waals surface area contributed by atoms with E-state index in [1.54, 1.807) is 0 Å².